The molecule has 6 nitrogen and oxygen atoms in total. The molecule has 0 radical (unpaired) electrons. The molecule has 4 rings (SSSR count). The van der Waals surface area contributed by atoms with E-state index in [4.69, 9.17) is 27.9 Å². The number of thiophene rings is 1. The van der Waals surface area contributed by atoms with E-state index in [1.165, 1.54) is 11.8 Å². The van der Waals surface area contributed by atoms with Gasteiger partial charge >= 0.3 is 0 Å². The predicted octanol–water partition coefficient (Wildman–Crippen LogP) is 6.04. The number of nitrogens with zero attached hydrogens (tertiary/aromatic N) is 3. The van der Waals surface area contributed by atoms with Crippen LogP contribution in [0.25, 0.3) is 16.4 Å². The van der Waals surface area contributed by atoms with Gasteiger partial charge in [-0.2, -0.15) is 0 Å². The summed E-state index contributed by atoms with van der Waals surface area (Å²) in [6.07, 6.45) is 0. The highest BCUT2D eigenvalue weighted by Gasteiger charge is 2.20. The van der Waals surface area contributed by atoms with Gasteiger partial charge in [-0.1, -0.05) is 53.2 Å². The van der Waals surface area contributed by atoms with Crippen molar-refractivity contribution >= 4 is 57.9 Å². The molecule has 0 bridgehead atoms. The number of methoxy groups -OCH3 is 1. The second kappa shape index (κ2) is 9.74. The summed E-state index contributed by atoms with van der Waals surface area (Å²) in [4.78, 5) is 13.5. The van der Waals surface area contributed by atoms with Crippen molar-refractivity contribution in [1.82, 2.24) is 14.8 Å². The van der Waals surface area contributed by atoms with E-state index < -0.39 is 0 Å². The smallest absolute Gasteiger partial charge is 0.234 e. The monoisotopic (exact) mass is 490 g/mol. The van der Waals surface area contributed by atoms with Crippen LogP contribution in [0.2, 0.25) is 10.0 Å². The highest BCUT2D eigenvalue weighted by molar-refractivity contribution is 7.99. The Morgan fingerprint density at radius 1 is 1.16 bits per heavy atom. The molecule has 2 aromatic heterocycles. The van der Waals surface area contributed by atoms with Crippen molar-refractivity contribution in [3.05, 3.63) is 70.0 Å². The van der Waals surface area contributed by atoms with Crippen LogP contribution in [0.15, 0.2) is 65.1 Å². The van der Waals surface area contributed by atoms with Crippen LogP contribution >= 0.6 is 46.3 Å². The first-order valence-electron chi connectivity index (χ1n) is 9.07. The van der Waals surface area contributed by atoms with Crippen molar-refractivity contribution in [3.8, 4) is 22.1 Å². The second-order valence-electron chi connectivity index (χ2n) is 6.25. The zero-order valence-electron chi connectivity index (χ0n) is 16.2. The number of carbonyl (C=O) groups is 1. The molecule has 158 valence electrons. The Morgan fingerprint density at radius 2 is 2.00 bits per heavy atom. The SMILES string of the molecule is COc1ccccc1-n1c(SCC(=O)Nc2cc(Cl)ccc2Cl)nnc1-c1cccs1. The Balaban J connectivity index is 1.61. The lowest BCUT2D eigenvalue weighted by Gasteiger charge is -2.13. The molecule has 10 heteroatoms. The molecule has 0 saturated heterocycles. The summed E-state index contributed by atoms with van der Waals surface area (Å²) in [6.45, 7) is 0. The van der Waals surface area contributed by atoms with Crippen molar-refractivity contribution in [1.29, 1.82) is 0 Å². The Bertz CT molecular complexity index is 1210. The molecular formula is C21H16Cl2N4O2S2. The van der Waals surface area contributed by atoms with Crippen LogP contribution in [-0.2, 0) is 4.79 Å². The van der Waals surface area contributed by atoms with Crippen LogP contribution in [0, 0.1) is 0 Å². The fourth-order valence-electron chi connectivity index (χ4n) is 2.87. The number of thioether (sulfide) groups is 1. The van der Waals surface area contributed by atoms with E-state index in [0.29, 0.717) is 32.5 Å². The molecule has 0 saturated carbocycles. The van der Waals surface area contributed by atoms with Crippen molar-refractivity contribution in [3.63, 3.8) is 0 Å². The first kappa shape index (κ1) is 21.7. The largest absolute Gasteiger partial charge is 0.495 e. The third-order valence-electron chi connectivity index (χ3n) is 4.24. The van der Waals surface area contributed by atoms with Crippen molar-refractivity contribution in [2.24, 2.45) is 0 Å². The van der Waals surface area contributed by atoms with E-state index in [1.54, 1.807) is 36.6 Å². The molecule has 0 aliphatic heterocycles. The maximum Gasteiger partial charge on any atom is 0.234 e. The lowest BCUT2D eigenvalue weighted by molar-refractivity contribution is -0.113. The third-order valence-corrected chi connectivity index (χ3v) is 6.60. The van der Waals surface area contributed by atoms with Crippen LogP contribution < -0.4 is 10.1 Å². The van der Waals surface area contributed by atoms with Gasteiger partial charge in [-0.3, -0.25) is 9.36 Å². The van der Waals surface area contributed by atoms with Gasteiger partial charge in [0.1, 0.15) is 5.75 Å². The number of anilines is 1. The molecule has 1 N–H and O–H groups in total. The summed E-state index contributed by atoms with van der Waals surface area (Å²) in [6, 6.07) is 16.4. The molecule has 31 heavy (non-hydrogen) atoms. The summed E-state index contributed by atoms with van der Waals surface area (Å²) < 4.78 is 7.43. The zero-order chi connectivity index (χ0) is 21.8. The van der Waals surface area contributed by atoms with Crippen LogP contribution in [0.4, 0.5) is 5.69 Å². The van der Waals surface area contributed by atoms with Gasteiger partial charge in [-0.05, 0) is 41.8 Å². The van der Waals surface area contributed by atoms with Crippen LogP contribution in [0.1, 0.15) is 0 Å². The zero-order valence-corrected chi connectivity index (χ0v) is 19.4. The number of rotatable bonds is 7. The van der Waals surface area contributed by atoms with Crippen molar-refractivity contribution in [2.75, 3.05) is 18.2 Å². The molecule has 4 aromatic rings. The van der Waals surface area contributed by atoms with E-state index in [9.17, 15) is 4.79 Å². The standard InChI is InChI=1S/C21H16Cl2N4O2S2/c1-29-17-6-3-2-5-16(17)27-20(18-7-4-10-30-18)25-26-21(27)31-12-19(28)24-15-11-13(22)8-9-14(15)23/h2-11H,12H2,1H3,(H,24,28). The van der Waals surface area contributed by atoms with Gasteiger partial charge in [-0.15, -0.1) is 21.5 Å². The minimum Gasteiger partial charge on any atom is -0.495 e. The summed E-state index contributed by atoms with van der Waals surface area (Å²) in [5.74, 6) is 1.24. The number of halogens is 2. The fraction of sp³-hybridized carbons (Fsp3) is 0.0952. The normalized spacial score (nSPS) is 10.8. The third kappa shape index (κ3) is 4.88. The molecule has 0 fully saturated rings. The maximum absolute atomic E-state index is 12.5. The van der Waals surface area contributed by atoms with E-state index in [1.807, 2.05) is 46.3 Å². The predicted molar refractivity (Wildman–Crippen MR) is 127 cm³/mol. The van der Waals surface area contributed by atoms with Crippen LogP contribution in [0.3, 0.4) is 0 Å². The van der Waals surface area contributed by atoms with Gasteiger partial charge in [-0.25, -0.2) is 0 Å². The van der Waals surface area contributed by atoms with E-state index >= 15 is 0 Å². The highest BCUT2D eigenvalue weighted by Crippen LogP contribution is 2.34. The van der Waals surface area contributed by atoms with Gasteiger partial charge in [0.05, 0.1) is 34.1 Å². The lowest BCUT2D eigenvalue weighted by Crippen LogP contribution is -2.15. The summed E-state index contributed by atoms with van der Waals surface area (Å²) in [5.41, 5.74) is 1.25. The van der Waals surface area contributed by atoms with E-state index in [0.717, 1.165) is 10.6 Å². The molecule has 1 amide bonds. The number of carbonyl (C=O) groups excluding carboxylic acids is 1. The van der Waals surface area contributed by atoms with Gasteiger partial charge in [0.15, 0.2) is 11.0 Å². The summed E-state index contributed by atoms with van der Waals surface area (Å²) in [7, 11) is 1.61. The van der Waals surface area contributed by atoms with E-state index in [-0.39, 0.29) is 11.7 Å². The number of amides is 1. The number of aromatic nitrogens is 3. The van der Waals surface area contributed by atoms with Crippen LogP contribution in [-0.4, -0.2) is 33.5 Å². The van der Waals surface area contributed by atoms with E-state index in [2.05, 4.69) is 15.5 Å². The fourth-order valence-corrected chi connectivity index (χ4v) is 4.65. The Morgan fingerprint density at radius 3 is 2.77 bits per heavy atom. The number of nitrogens with one attached hydrogen (secondary N) is 1. The van der Waals surface area contributed by atoms with Crippen molar-refractivity contribution < 1.29 is 9.53 Å². The molecule has 0 aliphatic carbocycles. The molecular weight excluding hydrogens is 475 g/mol. The van der Waals surface area contributed by atoms with Crippen LogP contribution in [0.5, 0.6) is 5.75 Å². The maximum atomic E-state index is 12.5. The molecule has 2 aromatic carbocycles. The molecule has 0 spiro atoms. The average molecular weight is 491 g/mol. The molecule has 0 aliphatic rings. The van der Waals surface area contributed by atoms with Gasteiger partial charge < -0.3 is 10.1 Å². The lowest BCUT2D eigenvalue weighted by atomic mass is 10.3. The topological polar surface area (TPSA) is 69.0 Å². The quantitative estimate of drug-likeness (QED) is 0.319. The molecule has 0 atom stereocenters. The molecule has 2 heterocycles. The van der Waals surface area contributed by atoms with Crippen molar-refractivity contribution in [2.45, 2.75) is 5.16 Å². The first-order chi connectivity index (χ1) is 15.1. The highest BCUT2D eigenvalue weighted by atomic mass is 35.5. The number of benzene rings is 2. The number of para-hydroxylation sites is 2. The Labute approximate surface area is 197 Å². The Hall–Kier alpha value is -2.52. The minimum atomic E-state index is -0.235. The summed E-state index contributed by atoms with van der Waals surface area (Å²) >= 11 is 15.0. The minimum absolute atomic E-state index is 0.112. The first-order valence-corrected chi connectivity index (χ1v) is 11.7. The number of ether oxygens (including phenoxy) is 1. The number of hydrogen-bond donors (Lipinski definition) is 1. The van der Waals surface area contributed by atoms with Gasteiger partial charge in [0.2, 0.25) is 5.91 Å². The summed E-state index contributed by atoms with van der Waals surface area (Å²) in [5, 5.41) is 14.9. The Kier molecular flexibility index (Phi) is 6.82. The second-order valence-corrected chi connectivity index (χ2v) is 8.99. The average Bonchev–Trinajstić information content (AvgIpc) is 3.44. The molecule has 0 unspecified atom stereocenters. The number of hydrogen-bond acceptors (Lipinski definition) is 6. The van der Waals surface area contributed by atoms with Gasteiger partial charge in [0, 0.05) is 5.02 Å². The van der Waals surface area contributed by atoms with Gasteiger partial charge in [0.25, 0.3) is 0 Å².